The van der Waals surface area contributed by atoms with Gasteiger partial charge < -0.3 is 14.6 Å². The van der Waals surface area contributed by atoms with E-state index in [0.717, 1.165) is 22.6 Å². The van der Waals surface area contributed by atoms with E-state index in [9.17, 15) is 5.11 Å². The van der Waals surface area contributed by atoms with Crippen molar-refractivity contribution in [2.75, 3.05) is 13.2 Å². The molecular formula is C19H24O3. The third-order valence-electron chi connectivity index (χ3n) is 3.52. The average molecular weight is 300 g/mol. The first kappa shape index (κ1) is 16.4. The summed E-state index contributed by atoms with van der Waals surface area (Å²) in [6, 6.07) is 12.0. The van der Waals surface area contributed by atoms with E-state index in [4.69, 9.17) is 9.47 Å². The molecular weight excluding hydrogens is 276 g/mol. The van der Waals surface area contributed by atoms with Gasteiger partial charge in [-0.05, 0) is 51.0 Å². The lowest BCUT2D eigenvalue weighted by Gasteiger charge is -2.16. The summed E-state index contributed by atoms with van der Waals surface area (Å²) in [5.41, 5.74) is 4.54. The normalized spacial score (nSPS) is 10.8. The Morgan fingerprint density at radius 1 is 0.773 bits per heavy atom. The minimum Gasteiger partial charge on any atom is -0.490 e. The first-order valence-corrected chi connectivity index (χ1v) is 7.54. The van der Waals surface area contributed by atoms with Crippen LogP contribution in [0.5, 0.6) is 11.5 Å². The Labute approximate surface area is 132 Å². The number of rotatable bonds is 6. The maximum atomic E-state index is 10.0. The fourth-order valence-electron chi connectivity index (χ4n) is 2.34. The summed E-state index contributed by atoms with van der Waals surface area (Å²) in [4.78, 5) is 0. The van der Waals surface area contributed by atoms with Crippen LogP contribution in [0.2, 0.25) is 0 Å². The number of hydrogen-bond donors (Lipinski definition) is 1. The molecule has 0 saturated carbocycles. The molecule has 0 unspecified atom stereocenters. The second-order valence-electron chi connectivity index (χ2n) is 5.81. The Morgan fingerprint density at radius 3 is 1.55 bits per heavy atom. The van der Waals surface area contributed by atoms with E-state index >= 15 is 0 Å². The lowest BCUT2D eigenvalue weighted by Crippen LogP contribution is -2.25. The molecule has 0 spiro atoms. The third-order valence-corrected chi connectivity index (χ3v) is 3.52. The SMILES string of the molecule is Cc1ccc(OCC(O)COc2ccc(C)cc2C)c(C)c1. The fraction of sp³-hybridized carbons (Fsp3) is 0.368. The van der Waals surface area contributed by atoms with Crippen molar-refractivity contribution in [3.8, 4) is 11.5 Å². The van der Waals surface area contributed by atoms with E-state index in [1.54, 1.807) is 0 Å². The molecule has 1 N–H and O–H groups in total. The monoisotopic (exact) mass is 300 g/mol. The predicted molar refractivity (Wildman–Crippen MR) is 88.8 cm³/mol. The molecule has 0 aromatic heterocycles. The summed E-state index contributed by atoms with van der Waals surface area (Å²) < 4.78 is 11.3. The predicted octanol–water partition coefficient (Wildman–Crippen LogP) is 3.74. The van der Waals surface area contributed by atoms with E-state index < -0.39 is 6.10 Å². The van der Waals surface area contributed by atoms with Crippen LogP contribution in [-0.2, 0) is 0 Å². The van der Waals surface area contributed by atoms with Gasteiger partial charge in [-0.3, -0.25) is 0 Å². The molecule has 0 aliphatic heterocycles. The Hall–Kier alpha value is -2.00. The first-order chi connectivity index (χ1) is 10.5. The van der Waals surface area contributed by atoms with Crippen LogP contribution in [0.1, 0.15) is 22.3 Å². The molecule has 2 rings (SSSR count). The van der Waals surface area contributed by atoms with Gasteiger partial charge in [-0.1, -0.05) is 35.4 Å². The highest BCUT2D eigenvalue weighted by Gasteiger charge is 2.09. The number of aliphatic hydroxyl groups is 1. The molecule has 0 aliphatic rings. The number of hydrogen-bond acceptors (Lipinski definition) is 3. The molecule has 0 amide bonds. The molecule has 0 bridgehead atoms. The Kier molecular flexibility index (Phi) is 5.45. The van der Waals surface area contributed by atoms with Crippen LogP contribution < -0.4 is 9.47 Å². The van der Waals surface area contributed by atoms with Gasteiger partial charge >= 0.3 is 0 Å². The fourth-order valence-corrected chi connectivity index (χ4v) is 2.34. The van der Waals surface area contributed by atoms with Gasteiger partial charge in [0.2, 0.25) is 0 Å². The second-order valence-corrected chi connectivity index (χ2v) is 5.81. The molecule has 0 aliphatic carbocycles. The third kappa shape index (κ3) is 4.50. The molecule has 22 heavy (non-hydrogen) atoms. The maximum absolute atomic E-state index is 10.0. The molecule has 0 fully saturated rings. The van der Waals surface area contributed by atoms with Crippen LogP contribution in [-0.4, -0.2) is 24.4 Å². The molecule has 0 saturated heterocycles. The van der Waals surface area contributed by atoms with Crippen LogP contribution in [0.3, 0.4) is 0 Å². The van der Waals surface area contributed by atoms with Crippen molar-refractivity contribution < 1.29 is 14.6 Å². The number of aliphatic hydroxyl groups excluding tert-OH is 1. The lowest BCUT2D eigenvalue weighted by molar-refractivity contribution is 0.0622. The highest BCUT2D eigenvalue weighted by atomic mass is 16.5. The minimum absolute atomic E-state index is 0.217. The molecule has 2 aromatic rings. The van der Waals surface area contributed by atoms with Gasteiger partial charge in [0.25, 0.3) is 0 Å². The van der Waals surface area contributed by atoms with E-state index in [-0.39, 0.29) is 13.2 Å². The van der Waals surface area contributed by atoms with Crippen LogP contribution in [0.15, 0.2) is 36.4 Å². The van der Waals surface area contributed by atoms with Gasteiger partial charge in [0.05, 0.1) is 0 Å². The summed E-state index contributed by atoms with van der Waals surface area (Å²) in [5, 5.41) is 10.0. The maximum Gasteiger partial charge on any atom is 0.122 e. The Balaban J connectivity index is 1.84. The zero-order valence-corrected chi connectivity index (χ0v) is 13.7. The van der Waals surface area contributed by atoms with E-state index in [1.165, 1.54) is 11.1 Å². The zero-order chi connectivity index (χ0) is 16.1. The molecule has 3 heteroatoms. The van der Waals surface area contributed by atoms with Crippen molar-refractivity contribution in [2.45, 2.75) is 33.8 Å². The van der Waals surface area contributed by atoms with Crippen molar-refractivity contribution >= 4 is 0 Å². The van der Waals surface area contributed by atoms with Crippen molar-refractivity contribution in [2.24, 2.45) is 0 Å². The molecule has 0 heterocycles. The second kappa shape index (κ2) is 7.32. The van der Waals surface area contributed by atoms with Gasteiger partial charge in [-0.25, -0.2) is 0 Å². The Morgan fingerprint density at radius 2 is 1.18 bits per heavy atom. The minimum atomic E-state index is -0.665. The highest BCUT2D eigenvalue weighted by molar-refractivity contribution is 5.36. The average Bonchev–Trinajstić information content (AvgIpc) is 2.45. The van der Waals surface area contributed by atoms with Gasteiger partial charge in [-0.15, -0.1) is 0 Å². The topological polar surface area (TPSA) is 38.7 Å². The largest absolute Gasteiger partial charge is 0.490 e. The van der Waals surface area contributed by atoms with Gasteiger partial charge in [0.15, 0.2) is 0 Å². The number of ether oxygens (including phenoxy) is 2. The number of benzene rings is 2. The summed E-state index contributed by atoms with van der Waals surface area (Å²) in [5.74, 6) is 1.60. The zero-order valence-electron chi connectivity index (χ0n) is 13.7. The van der Waals surface area contributed by atoms with E-state index in [1.807, 2.05) is 52.0 Å². The summed E-state index contributed by atoms with van der Waals surface area (Å²) in [7, 11) is 0. The van der Waals surface area contributed by atoms with Crippen LogP contribution >= 0.6 is 0 Å². The van der Waals surface area contributed by atoms with Crippen molar-refractivity contribution in [3.05, 3.63) is 58.7 Å². The lowest BCUT2D eigenvalue weighted by atomic mass is 10.1. The molecule has 3 nitrogen and oxygen atoms in total. The highest BCUT2D eigenvalue weighted by Crippen LogP contribution is 2.20. The molecule has 0 atom stereocenters. The van der Waals surface area contributed by atoms with Crippen molar-refractivity contribution in [1.29, 1.82) is 0 Å². The van der Waals surface area contributed by atoms with Crippen LogP contribution in [0.25, 0.3) is 0 Å². The van der Waals surface area contributed by atoms with E-state index in [2.05, 4.69) is 12.1 Å². The van der Waals surface area contributed by atoms with Crippen LogP contribution in [0.4, 0.5) is 0 Å². The smallest absolute Gasteiger partial charge is 0.122 e. The van der Waals surface area contributed by atoms with Crippen molar-refractivity contribution in [3.63, 3.8) is 0 Å². The quantitative estimate of drug-likeness (QED) is 0.883. The summed E-state index contributed by atoms with van der Waals surface area (Å²) in [6.07, 6.45) is -0.665. The first-order valence-electron chi connectivity index (χ1n) is 7.54. The molecule has 118 valence electrons. The van der Waals surface area contributed by atoms with Gasteiger partial charge in [0.1, 0.15) is 30.8 Å². The summed E-state index contributed by atoms with van der Waals surface area (Å²) in [6.45, 7) is 8.53. The van der Waals surface area contributed by atoms with E-state index in [0.29, 0.717) is 0 Å². The van der Waals surface area contributed by atoms with Crippen LogP contribution in [0, 0.1) is 27.7 Å². The van der Waals surface area contributed by atoms with Gasteiger partial charge in [-0.2, -0.15) is 0 Å². The molecule has 0 radical (unpaired) electrons. The standard InChI is InChI=1S/C19H24O3/c1-13-5-7-18(15(3)9-13)21-11-17(20)12-22-19-8-6-14(2)10-16(19)4/h5-10,17,20H,11-12H2,1-4H3. The van der Waals surface area contributed by atoms with Crippen molar-refractivity contribution in [1.82, 2.24) is 0 Å². The van der Waals surface area contributed by atoms with Gasteiger partial charge in [0, 0.05) is 0 Å². The number of aryl methyl sites for hydroxylation is 4. The Bertz CT molecular complexity index is 579. The molecule has 2 aromatic carbocycles. The summed E-state index contributed by atoms with van der Waals surface area (Å²) >= 11 is 0.